The Labute approximate surface area is 149 Å². The van der Waals surface area contributed by atoms with E-state index in [1.807, 2.05) is 26.8 Å². The molecule has 0 saturated heterocycles. The molecule has 0 amide bonds. The van der Waals surface area contributed by atoms with Crippen molar-refractivity contribution in [3.05, 3.63) is 35.1 Å². The fourth-order valence-corrected chi connectivity index (χ4v) is 1.84. The summed E-state index contributed by atoms with van der Waals surface area (Å²) in [5.74, 6) is 0.545. The zero-order chi connectivity index (χ0) is 15.9. The highest BCUT2D eigenvalue weighted by atomic mass is 127. The van der Waals surface area contributed by atoms with Gasteiger partial charge in [0.15, 0.2) is 5.96 Å². The SMILES string of the molecule is CN=C(NCCc1ccc(F)cc1C)NCC(C)(C)OC.I. The first kappa shape index (κ1) is 21.1. The van der Waals surface area contributed by atoms with Crippen LogP contribution in [0.25, 0.3) is 0 Å². The molecule has 0 bridgehead atoms. The predicted molar refractivity (Wildman–Crippen MR) is 101 cm³/mol. The predicted octanol–water partition coefficient (Wildman–Crippen LogP) is 2.88. The second kappa shape index (κ2) is 9.99. The summed E-state index contributed by atoms with van der Waals surface area (Å²) in [6, 6.07) is 4.89. The standard InChI is InChI=1S/C16H26FN3O.HI/c1-12-10-14(17)7-6-13(12)8-9-19-15(18-4)20-11-16(2,3)21-5;/h6-7,10H,8-9,11H2,1-5H3,(H2,18,19,20);1H. The van der Waals surface area contributed by atoms with Crippen LogP contribution in [0.2, 0.25) is 0 Å². The van der Waals surface area contributed by atoms with Crippen LogP contribution < -0.4 is 10.6 Å². The van der Waals surface area contributed by atoms with Gasteiger partial charge in [0.25, 0.3) is 0 Å². The Kier molecular flexibility index (Phi) is 9.59. The summed E-state index contributed by atoms with van der Waals surface area (Å²) in [5, 5.41) is 6.47. The lowest BCUT2D eigenvalue weighted by Gasteiger charge is -2.24. The van der Waals surface area contributed by atoms with Crippen LogP contribution in [0.5, 0.6) is 0 Å². The van der Waals surface area contributed by atoms with Gasteiger partial charge in [0.2, 0.25) is 0 Å². The van der Waals surface area contributed by atoms with E-state index in [0.717, 1.165) is 30.1 Å². The molecule has 0 aliphatic heterocycles. The summed E-state index contributed by atoms with van der Waals surface area (Å²) in [5.41, 5.74) is 1.86. The van der Waals surface area contributed by atoms with Crippen LogP contribution >= 0.6 is 24.0 Å². The Morgan fingerprint density at radius 2 is 2.00 bits per heavy atom. The highest BCUT2D eigenvalue weighted by molar-refractivity contribution is 14.0. The number of aryl methyl sites for hydroxylation is 1. The number of benzene rings is 1. The van der Waals surface area contributed by atoms with Crippen molar-refractivity contribution >= 4 is 29.9 Å². The zero-order valence-electron chi connectivity index (χ0n) is 14.0. The molecule has 1 aromatic carbocycles. The normalized spacial score (nSPS) is 11.8. The molecule has 0 aliphatic rings. The molecular formula is C16H27FIN3O. The molecule has 22 heavy (non-hydrogen) atoms. The molecule has 2 N–H and O–H groups in total. The summed E-state index contributed by atoms with van der Waals surface area (Å²) in [6.45, 7) is 7.34. The fourth-order valence-electron chi connectivity index (χ4n) is 1.84. The third kappa shape index (κ3) is 7.40. The maximum atomic E-state index is 13.0. The molecule has 1 aromatic rings. The van der Waals surface area contributed by atoms with Gasteiger partial charge in [-0.3, -0.25) is 4.99 Å². The molecule has 0 saturated carbocycles. The minimum atomic E-state index is -0.245. The molecule has 4 nitrogen and oxygen atoms in total. The van der Waals surface area contributed by atoms with Crippen LogP contribution in [0, 0.1) is 12.7 Å². The minimum Gasteiger partial charge on any atom is -0.377 e. The van der Waals surface area contributed by atoms with E-state index < -0.39 is 0 Å². The first-order chi connectivity index (χ1) is 9.88. The van der Waals surface area contributed by atoms with Crippen LogP contribution in [-0.4, -0.2) is 38.8 Å². The van der Waals surface area contributed by atoms with E-state index in [9.17, 15) is 4.39 Å². The van der Waals surface area contributed by atoms with Crippen LogP contribution in [0.1, 0.15) is 25.0 Å². The number of halogens is 2. The molecule has 6 heteroatoms. The van der Waals surface area contributed by atoms with Crippen molar-refractivity contribution in [2.24, 2.45) is 4.99 Å². The largest absolute Gasteiger partial charge is 0.377 e. The molecule has 0 atom stereocenters. The van der Waals surface area contributed by atoms with E-state index in [0.29, 0.717) is 6.54 Å². The second-order valence-corrected chi connectivity index (χ2v) is 5.64. The number of aliphatic imine (C=N–C) groups is 1. The number of nitrogens with zero attached hydrogens (tertiary/aromatic N) is 1. The molecule has 0 aromatic heterocycles. The average molecular weight is 423 g/mol. The Balaban J connectivity index is 0.00000441. The molecular weight excluding hydrogens is 396 g/mol. The molecule has 0 heterocycles. The third-order valence-corrected chi connectivity index (χ3v) is 3.45. The van der Waals surface area contributed by atoms with E-state index in [-0.39, 0.29) is 35.4 Å². The number of hydrogen-bond acceptors (Lipinski definition) is 2. The number of nitrogens with one attached hydrogen (secondary N) is 2. The monoisotopic (exact) mass is 423 g/mol. The zero-order valence-corrected chi connectivity index (χ0v) is 16.3. The second-order valence-electron chi connectivity index (χ2n) is 5.64. The Hall–Kier alpha value is -0.890. The van der Waals surface area contributed by atoms with Gasteiger partial charge in [-0.05, 0) is 50.5 Å². The summed E-state index contributed by atoms with van der Waals surface area (Å²) in [7, 11) is 3.42. The van der Waals surface area contributed by atoms with E-state index in [4.69, 9.17) is 4.74 Å². The number of rotatable bonds is 6. The highest BCUT2D eigenvalue weighted by Gasteiger charge is 2.16. The Morgan fingerprint density at radius 3 is 2.55 bits per heavy atom. The highest BCUT2D eigenvalue weighted by Crippen LogP contribution is 2.10. The van der Waals surface area contributed by atoms with E-state index in [2.05, 4.69) is 15.6 Å². The molecule has 0 radical (unpaired) electrons. The van der Waals surface area contributed by atoms with Crippen molar-refractivity contribution in [2.75, 3.05) is 27.2 Å². The summed E-state index contributed by atoms with van der Waals surface area (Å²) >= 11 is 0. The van der Waals surface area contributed by atoms with Gasteiger partial charge in [-0.2, -0.15) is 0 Å². The summed E-state index contributed by atoms with van der Waals surface area (Å²) in [4.78, 5) is 4.17. The number of hydrogen-bond donors (Lipinski definition) is 2. The maximum Gasteiger partial charge on any atom is 0.191 e. The van der Waals surface area contributed by atoms with Crippen LogP contribution in [-0.2, 0) is 11.2 Å². The van der Waals surface area contributed by atoms with Crippen molar-refractivity contribution in [1.82, 2.24) is 10.6 Å². The smallest absolute Gasteiger partial charge is 0.191 e. The van der Waals surface area contributed by atoms with Gasteiger partial charge in [-0.15, -0.1) is 24.0 Å². The first-order valence-electron chi connectivity index (χ1n) is 7.12. The maximum absolute atomic E-state index is 13.0. The number of methoxy groups -OCH3 is 1. The molecule has 0 aliphatic carbocycles. The summed E-state index contributed by atoms with van der Waals surface area (Å²) in [6.07, 6.45) is 0.820. The molecule has 0 spiro atoms. The number of guanidine groups is 1. The van der Waals surface area contributed by atoms with Crippen molar-refractivity contribution < 1.29 is 9.13 Å². The van der Waals surface area contributed by atoms with Crippen molar-refractivity contribution in [3.8, 4) is 0 Å². The van der Waals surface area contributed by atoms with Gasteiger partial charge in [0.05, 0.1) is 5.60 Å². The van der Waals surface area contributed by atoms with Crippen LogP contribution in [0.3, 0.4) is 0 Å². The summed E-state index contributed by atoms with van der Waals surface area (Å²) < 4.78 is 18.4. The molecule has 0 unspecified atom stereocenters. The van der Waals surface area contributed by atoms with Gasteiger partial charge >= 0.3 is 0 Å². The first-order valence-corrected chi connectivity index (χ1v) is 7.12. The van der Waals surface area contributed by atoms with E-state index >= 15 is 0 Å². The van der Waals surface area contributed by atoms with E-state index in [1.165, 1.54) is 6.07 Å². The lowest BCUT2D eigenvalue weighted by atomic mass is 10.1. The number of ether oxygens (including phenoxy) is 1. The van der Waals surface area contributed by atoms with Crippen molar-refractivity contribution in [3.63, 3.8) is 0 Å². The minimum absolute atomic E-state index is 0. The van der Waals surface area contributed by atoms with Gasteiger partial charge in [0.1, 0.15) is 5.82 Å². The molecule has 1 rings (SSSR count). The fraction of sp³-hybridized carbons (Fsp3) is 0.562. The van der Waals surface area contributed by atoms with Crippen molar-refractivity contribution in [1.29, 1.82) is 0 Å². The lowest BCUT2D eigenvalue weighted by Crippen LogP contribution is -2.45. The van der Waals surface area contributed by atoms with Gasteiger partial charge in [0, 0.05) is 27.2 Å². The topological polar surface area (TPSA) is 45.7 Å². The molecule has 0 fully saturated rings. The van der Waals surface area contributed by atoms with Gasteiger partial charge in [-0.1, -0.05) is 6.07 Å². The van der Waals surface area contributed by atoms with Crippen LogP contribution in [0.15, 0.2) is 23.2 Å². The van der Waals surface area contributed by atoms with E-state index in [1.54, 1.807) is 20.2 Å². The third-order valence-electron chi connectivity index (χ3n) is 3.45. The average Bonchev–Trinajstić information content (AvgIpc) is 2.44. The van der Waals surface area contributed by atoms with Gasteiger partial charge < -0.3 is 15.4 Å². The molecule has 126 valence electrons. The Morgan fingerprint density at radius 1 is 1.32 bits per heavy atom. The van der Waals surface area contributed by atoms with Crippen molar-refractivity contribution in [2.45, 2.75) is 32.8 Å². The Bertz CT molecular complexity index is 492. The quantitative estimate of drug-likeness (QED) is 0.420. The van der Waals surface area contributed by atoms with Gasteiger partial charge in [-0.25, -0.2) is 4.39 Å². The lowest BCUT2D eigenvalue weighted by molar-refractivity contribution is 0.0268. The van der Waals surface area contributed by atoms with Crippen LogP contribution in [0.4, 0.5) is 4.39 Å².